The summed E-state index contributed by atoms with van der Waals surface area (Å²) >= 11 is 7.17. The molecule has 0 saturated carbocycles. The van der Waals surface area contributed by atoms with Gasteiger partial charge in [-0.3, -0.25) is 14.9 Å². The van der Waals surface area contributed by atoms with E-state index in [1.54, 1.807) is 30.3 Å². The summed E-state index contributed by atoms with van der Waals surface area (Å²) in [5.41, 5.74) is 1.23. The van der Waals surface area contributed by atoms with Crippen LogP contribution in [0, 0.1) is 5.92 Å². The van der Waals surface area contributed by atoms with Gasteiger partial charge in [0, 0.05) is 16.1 Å². The number of halogens is 1. The standard InChI is InChI=1S/C22H21ClN4O4S/c1-3-12(2)18(24-19(28)14-6-9-16-17(10-14)31-11-30-16)20(29)25-22-27-26-21(32-22)13-4-7-15(23)8-5-13/h4-10,12,18H,3,11H2,1-2H3,(H,24,28)(H,25,27,29). The van der Waals surface area contributed by atoms with Crippen molar-refractivity contribution < 1.29 is 19.1 Å². The van der Waals surface area contributed by atoms with Crippen molar-refractivity contribution in [1.29, 1.82) is 0 Å². The molecule has 2 atom stereocenters. The average molecular weight is 473 g/mol. The number of amides is 2. The molecule has 0 spiro atoms. The quantitative estimate of drug-likeness (QED) is 0.529. The van der Waals surface area contributed by atoms with Gasteiger partial charge in [-0.1, -0.05) is 55.3 Å². The van der Waals surface area contributed by atoms with Gasteiger partial charge in [0.1, 0.15) is 11.0 Å². The summed E-state index contributed by atoms with van der Waals surface area (Å²) in [4.78, 5) is 25.8. The smallest absolute Gasteiger partial charge is 0.252 e. The Bertz CT molecular complexity index is 1140. The molecule has 1 aliphatic heterocycles. The van der Waals surface area contributed by atoms with E-state index in [1.165, 1.54) is 11.3 Å². The second-order valence-corrected chi connectivity index (χ2v) is 8.73. The molecule has 10 heteroatoms. The number of ether oxygens (including phenoxy) is 2. The van der Waals surface area contributed by atoms with Crippen molar-refractivity contribution in [1.82, 2.24) is 15.5 Å². The summed E-state index contributed by atoms with van der Waals surface area (Å²) in [6.45, 7) is 3.99. The number of fused-ring (bicyclic) bond motifs is 1. The largest absolute Gasteiger partial charge is 0.454 e. The Morgan fingerprint density at radius 1 is 1.12 bits per heavy atom. The fourth-order valence-corrected chi connectivity index (χ4v) is 4.01. The van der Waals surface area contributed by atoms with Gasteiger partial charge >= 0.3 is 0 Å². The third-order valence-corrected chi connectivity index (χ3v) is 6.30. The molecular formula is C22H21ClN4O4S. The molecule has 3 aromatic rings. The molecule has 32 heavy (non-hydrogen) atoms. The molecule has 2 N–H and O–H groups in total. The maximum absolute atomic E-state index is 13.0. The Labute approximate surface area is 193 Å². The molecule has 2 amide bonds. The van der Waals surface area contributed by atoms with Crippen LogP contribution >= 0.6 is 22.9 Å². The molecular weight excluding hydrogens is 452 g/mol. The highest BCUT2D eigenvalue weighted by Gasteiger charge is 2.28. The number of carbonyl (C=O) groups excluding carboxylic acids is 2. The highest BCUT2D eigenvalue weighted by atomic mass is 35.5. The van der Waals surface area contributed by atoms with Crippen LogP contribution in [-0.4, -0.2) is 34.8 Å². The summed E-state index contributed by atoms with van der Waals surface area (Å²) in [5, 5.41) is 15.4. The summed E-state index contributed by atoms with van der Waals surface area (Å²) in [6.07, 6.45) is 0.700. The summed E-state index contributed by atoms with van der Waals surface area (Å²) in [7, 11) is 0. The van der Waals surface area contributed by atoms with Gasteiger partial charge in [0.15, 0.2) is 11.5 Å². The van der Waals surface area contributed by atoms with Crippen LogP contribution in [-0.2, 0) is 4.79 Å². The normalized spacial score (nSPS) is 14.0. The number of nitrogens with one attached hydrogen (secondary N) is 2. The lowest BCUT2D eigenvalue weighted by Crippen LogP contribution is -2.47. The monoisotopic (exact) mass is 472 g/mol. The van der Waals surface area contributed by atoms with Gasteiger partial charge in [-0.25, -0.2) is 0 Å². The molecule has 4 rings (SSSR count). The second kappa shape index (κ2) is 9.54. The van der Waals surface area contributed by atoms with Crippen molar-refractivity contribution in [2.75, 3.05) is 12.1 Å². The highest BCUT2D eigenvalue weighted by molar-refractivity contribution is 7.18. The van der Waals surface area contributed by atoms with Crippen LogP contribution in [0.15, 0.2) is 42.5 Å². The van der Waals surface area contributed by atoms with Gasteiger partial charge in [0.05, 0.1) is 0 Å². The topological polar surface area (TPSA) is 102 Å². The molecule has 166 valence electrons. The minimum atomic E-state index is -0.749. The Morgan fingerprint density at radius 3 is 2.62 bits per heavy atom. The van der Waals surface area contributed by atoms with Crippen molar-refractivity contribution in [3.8, 4) is 22.1 Å². The van der Waals surface area contributed by atoms with Crippen LogP contribution in [0.4, 0.5) is 5.13 Å². The third kappa shape index (κ3) is 4.84. The van der Waals surface area contributed by atoms with Crippen LogP contribution in [0.1, 0.15) is 30.6 Å². The maximum atomic E-state index is 13.0. The van der Waals surface area contributed by atoms with Crippen LogP contribution in [0.5, 0.6) is 11.5 Å². The minimum Gasteiger partial charge on any atom is -0.454 e. The molecule has 1 aromatic heterocycles. The van der Waals surface area contributed by atoms with Crippen molar-refractivity contribution in [3.63, 3.8) is 0 Å². The molecule has 0 aliphatic carbocycles. The first-order valence-electron chi connectivity index (χ1n) is 10.1. The van der Waals surface area contributed by atoms with Gasteiger partial charge in [-0.2, -0.15) is 0 Å². The molecule has 2 heterocycles. The van der Waals surface area contributed by atoms with Gasteiger partial charge in [-0.05, 0) is 36.2 Å². The van der Waals surface area contributed by atoms with Gasteiger partial charge < -0.3 is 14.8 Å². The minimum absolute atomic E-state index is 0.100. The van der Waals surface area contributed by atoms with Crippen LogP contribution in [0.25, 0.3) is 10.6 Å². The van der Waals surface area contributed by atoms with E-state index >= 15 is 0 Å². The van der Waals surface area contributed by atoms with Crippen LogP contribution in [0.3, 0.4) is 0 Å². The first-order chi connectivity index (χ1) is 15.4. The molecule has 0 radical (unpaired) electrons. The molecule has 8 nitrogen and oxygen atoms in total. The fourth-order valence-electron chi connectivity index (χ4n) is 3.13. The molecule has 1 aliphatic rings. The SMILES string of the molecule is CCC(C)C(NC(=O)c1ccc2c(c1)OCO2)C(=O)Nc1nnc(-c2ccc(Cl)cc2)s1. The van der Waals surface area contributed by atoms with E-state index in [1.807, 2.05) is 26.0 Å². The molecule has 0 saturated heterocycles. The van der Waals surface area contributed by atoms with E-state index < -0.39 is 6.04 Å². The van der Waals surface area contributed by atoms with Crippen molar-refractivity contribution >= 4 is 39.9 Å². The summed E-state index contributed by atoms with van der Waals surface area (Å²) < 4.78 is 10.6. The zero-order chi connectivity index (χ0) is 22.7. The Balaban J connectivity index is 1.46. The van der Waals surface area contributed by atoms with E-state index in [-0.39, 0.29) is 24.5 Å². The van der Waals surface area contributed by atoms with E-state index in [0.717, 1.165) is 5.56 Å². The molecule has 0 fully saturated rings. The Morgan fingerprint density at radius 2 is 1.88 bits per heavy atom. The van der Waals surface area contributed by atoms with Gasteiger partial charge in [0.2, 0.25) is 17.8 Å². The van der Waals surface area contributed by atoms with E-state index in [0.29, 0.717) is 38.6 Å². The number of rotatable bonds is 7. The second-order valence-electron chi connectivity index (χ2n) is 7.31. The summed E-state index contributed by atoms with van der Waals surface area (Å²) in [5.74, 6) is 0.267. The van der Waals surface area contributed by atoms with Gasteiger partial charge in [-0.15, -0.1) is 10.2 Å². The van der Waals surface area contributed by atoms with Crippen LogP contribution in [0.2, 0.25) is 5.02 Å². The van der Waals surface area contributed by atoms with Crippen molar-refractivity contribution in [2.24, 2.45) is 5.92 Å². The number of nitrogens with zero attached hydrogens (tertiary/aromatic N) is 2. The summed E-state index contributed by atoms with van der Waals surface area (Å²) in [6, 6.07) is 11.4. The first kappa shape index (κ1) is 22.0. The van der Waals surface area contributed by atoms with Crippen LogP contribution < -0.4 is 20.1 Å². The highest BCUT2D eigenvalue weighted by Crippen LogP contribution is 2.32. The number of carbonyl (C=O) groups is 2. The Hall–Kier alpha value is -3.17. The zero-order valence-corrected chi connectivity index (χ0v) is 19.0. The number of hydrogen-bond donors (Lipinski definition) is 2. The van der Waals surface area contributed by atoms with Gasteiger partial charge in [0.25, 0.3) is 5.91 Å². The third-order valence-electron chi connectivity index (χ3n) is 5.16. The van der Waals surface area contributed by atoms with E-state index in [2.05, 4.69) is 20.8 Å². The lowest BCUT2D eigenvalue weighted by molar-refractivity contribution is -0.119. The average Bonchev–Trinajstić information content (AvgIpc) is 3.46. The van der Waals surface area contributed by atoms with Crippen molar-refractivity contribution in [3.05, 3.63) is 53.1 Å². The zero-order valence-electron chi connectivity index (χ0n) is 17.4. The predicted octanol–water partition coefficient (Wildman–Crippen LogP) is 4.37. The fraction of sp³-hybridized carbons (Fsp3) is 0.273. The van der Waals surface area contributed by atoms with E-state index in [9.17, 15) is 9.59 Å². The number of aromatic nitrogens is 2. The lowest BCUT2D eigenvalue weighted by atomic mass is 9.98. The van der Waals surface area contributed by atoms with E-state index in [4.69, 9.17) is 21.1 Å². The van der Waals surface area contributed by atoms with Crippen molar-refractivity contribution in [2.45, 2.75) is 26.3 Å². The number of anilines is 1. The first-order valence-corrected chi connectivity index (χ1v) is 11.2. The Kier molecular flexibility index (Phi) is 6.57. The predicted molar refractivity (Wildman–Crippen MR) is 122 cm³/mol. The molecule has 2 unspecified atom stereocenters. The maximum Gasteiger partial charge on any atom is 0.252 e. The lowest BCUT2D eigenvalue weighted by Gasteiger charge is -2.23. The molecule has 2 aromatic carbocycles. The molecule has 0 bridgehead atoms. The number of benzene rings is 2. The number of hydrogen-bond acceptors (Lipinski definition) is 7.